The second-order valence-electron chi connectivity index (χ2n) is 5.79. The summed E-state index contributed by atoms with van der Waals surface area (Å²) in [6.45, 7) is 2.92. The Balaban J connectivity index is 2.48. The molecule has 1 atom stereocenters. The van der Waals surface area contributed by atoms with Gasteiger partial charge in [-0.1, -0.05) is 0 Å². The van der Waals surface area contributed by atoms with Crippen molar-refractivity contribution in [3.8, 4) is 17.0 Å². The lowest BCUT2D eigenvalue weighted by Crippen LogP contribution is -2.37. The minimum absolute atomic E-state index is 0.119. The van der Waals surface area contributed by atoms with Gasteiger partial charge in [-0.3, -0.25) is 4.55 Å². The summed E-state index contributed by atoms with van der Waals surface area (Å²) >= 11 is 0. The number of ether oxygens (including phenoxy) is 1. The predicted molar refractivity (Wildman–Crippen MR) is 83.3 cm³/mol. The molecule has 0 saturated carbocycles. The van der Waals surface area contributed by atoms with Gasteiger partial charge in [0.25, 0.3) is 10.1 Å². The Hall–Kier alpha value is -2.13. The van der Waals surface area contributed by atoms with E-state index in [1.807, 2.05) is 0 Å². The van der Waals surface area contributed by atoms with Crippen LogP contribution in [-0.2, 0) is 16.0 Å². The number of benzene rings is 1. The van der Waals surface area contributed by atoms with Gasteiger partial charge in [0.1, 0.15) is 4.90 Å². The van der Waals surface area contributed by atoms with Gasteiger partial charge in [0.05, 0.1) is 12.7 Å². The third kappa shape index (κ3) is 2.41. The maximum atomic E-state index is 14.1. The molecule has 3 rings (SSSR count). The van der Waals surface area contributed by atoms with Gasteiger partial charge in [-0.05, 0) is 36.6 Å². The standard InChI is InChI=1S/C16H14F3NO4S/c1-7-8(2)12-13(16(18,19)15(12)17)14(25(21,22)23)11(7)9-4-5-20-10(6-9)24-3/h4-6,15H,1-3H3,(H,21,22,23). The van der Waals surface area contributed by atoms with Crippen molar-refractivity contribution in [1.29, 1.82) is 0 Å². The van der Waals surface area contributed by atoms with Crippen LogP contribution in [-0.4, -0.2) is 25.1 Å². The van der Waals surface area contributed by atoms with E-state index in [2.05, 4.69) is 4.98 Å². The molecule has 134 valence electrons. The number of alkyl halides is 3. The number of nitrogens with zero attached hydrogens (tertiary/aromatic N) is 1. The Bertz CT molecular complexity index is 989. The summed E-state index contributed by atoms with van der Waals surface area (Å²) in [5, 5.41) is 0. The largest absolute Gasteiger partial charge is 0.481 e. The van der Waals surface area contributed by atoms with Gasteiger partial charge >= 0.3 is 5.92 Å². The number of hydrogen-bond donors (Lipinski definition) is 1. The van der Waals surface area contributed by atoms with Crippen LogP contribution in [0.25, 0.3) is 11.1 Å². The zero-order valence-electron chi connectivity index (χ0n) is 13.5. The molecule has 5 nitrogen and oxygen atoms in total. The molecule has 1 aromatic carbocycles. The van der Waals surface area contributed by atoms with Crippen molar-refractivity contribution in [2.45, 2.75) is 30.8 Å². The molecular formula is C16H14F3NO4S. The first kappa shape index (κ1) is 17.7. The Kier molecular flexibility index (Phi) is 3.84. The van der Waals surface area contributed by atoms with Crippen molar-refractivity contribution in [3.05, 3.63) is 40.6 Å². The summed E-state index contributed by atoms with van der Waals surface area (Å²) in [5.41, 5.74) is -0.798. The molecule has 1 aliphatic rings. The molecule has 0 radical (unpaired) electrons. The SMILES string of the molecule is COc1cc(-c2c(C)c(C)c3c(c2S(=O)(=O)O)C(F)(F)C3F)ccn1. The fraction of sp³-hybridized carbons (Fsp3) is 0.312. The fourth-order valence-corrected chi connectivity index (χ4v) is 4.19. The smallest absolute Gasteiger partial charge is 0.309 e. The van der Waals surface area contributed by atoms with Crippen molar-refractivity contribution >= 4 is 10.1 Å². The van der Waals surface area contributed by atoms with Gasteiger partial charge in [0.15, 0.2) is 6.17 Å². The third-order valence-corrected chi connectivity index (χ3v) is 5.38. The van der Waals surface area contributed by atoms with Crippen LogP contribution in [0.4, 0.5) is 13.2 Å². The van der Waals surface area contributed by atoms with Crippen LogP contribution in [0.5, 0.6) is 5.88 Å². The van der Waals surface area contributed by atoms with E-state index >= 15 is 0 Å². The Morgan fingerprint density at radius 3 is 2.48 bits per heavy atom. The molecule has 9 heteroatoms. The quantitative estimate of drug-likeness (QED) is 0.830. The summed E-state index contributed by atoms with van der Waals surface area (Å²) < 4.78 is 80.4. The summed E-state index contributed by atoms with van der Waals surface area (Å²) in [6.07, 6.45) is -1.30. The average Bonchev–Trinajstić information content (AvgIpc) is 2.55. The highest BCUT2D eigenvalue weighted by molar-refractivity contribution is 7.86. The molecular weight excluding hydrogens is 359 g/mol. The van der Waals surface area contributed by atoms with Crippen molar-refractivity contribution in [1.82, 2.24) is 4.98 Å². The highest BCUT2D eigenvalue weighted by Gasteiger charge is 2.59. The minimum Gasteiger partial charge on any atom is -0.481 e. The predicted octanol–water partition coefficient (Wildman–Crippen LogP) is 3.74. The second kappa shape index (κ2) is 5.43. The van der Waals surface area contributed by atoms with Crippen molar-refractivity contribution in [3.63, 3.8) is 0 Å². The van der Waals surface area contributed by atoms with Crippen LogP contribution < -0.4 is 4.74 Å². The first-order valence-electron chi connectivity index (χ1n) is 7.19. The van der Waals surface area contributed by atoms with Crippen LogP contribution >= 0.6 is 0 Å². The third-order valence-electron chi connectivity index (χ3n) is 4.46. The molecule has 0 amide bonds. The summed E-state index contributed by atoms with van der Waals surface area (Å²) in [7, 11) is -3.70. The van der Waals surface area contributed by atoms with E-state index in [1.54, 1.807) is 0 Å². The number of pyridine rings is 1. The van der Waals surface area contributed by atoms with Crippen LogP contribution in [0.15, 0.2) is 23.2 Å². The molecule has 1 N–H and O–H groups in total. The monoisotopic (exact) mass is 373 g/mol. The molecule has 1 unspecified atom stereocenters. The van der Waals surface area contributed by atoms with E-state index < -0.39 is 32.7 Å². The molecule has 0 aliphatic heterocycles. The van der Waals surface area contributed by atoms with E-state index in [4.69, 9.17) is 4.74 Å². The summed E-state index contributed by atoms with van der Waals surface area (Å²) in [6, 6.07) is 2.75. The van der Waals surface area contributed by atoms with Gasteiger partial charge < -0.3 is 4.74 Å². The zero-order valence-corrected chi connectivity index (χ0v) is 14.3. The highest BCUT2D eigenvalue weighted by Crippen LogP contribution is 2.60. The lowest BCUT2D eigenvalue weighted by molar-refractivity contribution is -0.114. The van der Waals surface area contributed by atoms with E-state index in [0.29, 0.717) is 0 Å². The Labute approximate surface area is 142 Å². The molecule has 0 fully saturated rings. The zero-order chi connectivity index (χ0) is 18.7. The minimum atomic E-state index is -5.04. The molecule has 1 heterocycles. The van der Waals surface area contributed by atoms with E-state index in [0.717, 1.165) is 0 Å². The molecule has 25 heavy (non-hydrogen) atoms. The number of rotatable bonds is 3. The van der Waals surface area contributed by atoms with Gasteiger partial charge in [0, 0.05) is 23.4 Å². The summed E-state index contributed by atoms with van der Waals surface area (Å²) in [4.78, 5) is 2.91. The maximum Gasteiger partial charge on any atom is 0.309 e. The van der Waals surface area contributed by atoms with E-state index in [9.17, 15) is 26.1 Å². The van der Waals surface area contributed by atoms with Crippen molar-refractivity contribution < 1.29 is 30.9 Å². The second-order valence-corrected chi connectivity index (χ2v) is 7.15. The molecule has 1 aliphatic carbocycles. The van der Waals surface area contributed by atoms with Crippen molar-refractivity contribution in [2.24, 2.45) is 0 Å². The van der Waals surface area contributed by atoms with Crippen LogP contribution in [0.1, 0.15) is 28.4 Å². The van der Waals surface area contributed by atoms with Crippen LogP contribution in [0.2, 0.25) is 0 Å². The number of fused-ring (bicyclic) bond motifs is 1. The Morgan fingerprint density at radius 1 is 1.28 bits per heavy atom. The summed E-state index contributed by atoms with van der Waals surface area (Å²) in [5.74, 6) is -3.86. The molecule has 0 spiro atoms. The maximum absolute atomic E-state index is 14.1. The van der Waals surface area contributed by atoms with E-state index in [-0.39, 0.29) is 33.7 Å². The van der Waals surface area contributed by atoms with Crippen LogP contribution in [0, 0.1) is 13.8 Å². The first-order valence-corrected chi connectivity index (χ1v) is 8.63. The van der Waals surface area contributed by atoms with Gasteiger partial charge in [-0.15, -0.1) is 0 Å². The molecule has 0 saturated heterocycles. The van der Waals surface area contributed by atoms with Gasteiger partial charge in [-0.25, -0.2) is 9.37 Å². The Morgan fingerprint density at radius 2 is 1.92 bits per heavy atom. The lowest BCUT2D eigenvalue weighted by atomic mass is 9.75. The van der Waals surface area contributed by atoms with Gasteiger partial charge in [0.2, 0.25) is 5.88 Å². The molecule has 0 bridgehead atoms. The van der Waals surface area contributed by atoms with E-state index in [1.165, 1.54) is 39.3 Å². The topological polar surface area (TPSA) is 76.5 Å². The van der Waals surface area contributed by atoms with Gasteiger partial charge in [-0.2, -0.15) is 17.2 Å². The van der Waals surface area contributed by atoms with Crippen LogP contribution in [0.3, 0.4) is 0 Å². The number of methoxy groups -OCH3 is 1. The normalized spacial score (nSPS) is 18.4. The number of hydrogen-bond acceptors (Lipinski definition) is 4. The molecule has 2 aromatic rings. The van der Waals surface area contributed by atoms with Crippen molar-refractivity contribution in [2.75, 3.05) is 7.11 Å². The lowest BCUT2D eigenvalue weighted by Gasteiger charge is -2.38. The number of aromatic nitrogens is 1. The number of halogens is 3. The average molecular weight is 373 g/mol. The molecule has 1 aromatic heterocycles. The highest BCUT2D eigenvalue weighted by atomic mass is 32.2. The first-order chi connectivity index (χ1) is 11.5. The fourth-order valence-electron chi connectivity index (χ4n) is 3.15.